The van der Waals surface area contributed by atoms with Gasteiger partial charge in [0.25, 0.3) is 5.69 Å². The van der Waals surface area contributed by atoms with Crippen LogP contribution in [-0.4, -0.2) is 46.9 Å². The topological polar surface area (TPSA) is 100 Å². The van der Waals surface area contributed by atoms with Crippen LogP contribution in [0, 0.1) is 17.0 Å². The van der Waals surface area contributed by atoms with Gasteiger partial charge in [-0.15, -0.1) is 12.4 Å². The van der Waals surface area contributed by atoms with Gasteiger partial charge in [-0.05, 0) is 30.2 Å². The van der Waals surface area contributed by atoms with Crippen LogP contribution in [0.1, 0.15) is 17.2 Å². The number of nitro groups is 1. The third-order valence-electron chi connectivity index (χ3n) is 4.47. The van der Waals surface area contributed by atoms with Gasteiger partial charge >= 0.3 is 0 Å². The van der Waals surface area contributed by atoms with Crippen LogP contribution < -0.4 is 10.6 Å². The van der Waals surface area contributed by atoms with Crippen molar-refractivity contribution >= 4 is 29.7 Å². The zero-order valence-electron chi connectivity index (χ0n) is 14.9. The highest BCUT2D eigenvalue weighted by atomic mass is 35.5. The van der Waals surface area contributed by atoms with Crippen molar-refractivity contribution in [3.05, 3.63) is 64.0 Å². The molecule has 0 bridgehead atoms. The van der Waals surface area contributed by atoms with Gasteiger partial charge in [-0.2, -0.15) is 0 Å². The quantitative estimate of drug-likeness (QED) is 0.599. The Balaban J connectivity index is 0.00000261. The molecule has 0 radical (unpaired) electrons. The normalized spacial score (nSPS) is 17.0. The van der Waals surface area contributed by atoms with Crippen LogP contribution in [0.25, 0.3) is 0 Å². The van der Waals surface area contributed by atoms with Gasteiger partial charge < -0.3 is 10.6 Å². The number of non-ortho nitro benzene ring substituents is 1. The number of pyridine rings is 1. The molecule has 1 aliphatic rings. The first-order valence-electron chi connectivity index (χ1n) is 8.44. The molecule has 0 saturated carbocycles. The fourth-order valence-corrected chi connectivity index (χ4v) is 3.11. The molecule has 1 aromatic heterocycles. The zero-order chi connectivity index (χ0) is 18.5. The van der Waals surface area contributed by atoms with Crippen LogP contribution in [0.2, 0.25) is 0 Å². The van der Waals surface area contributed by atoms with Gasteiger partial charge in [-0.25, -0.2) is 0 Å². The maximum absolute atomic E-state index is 12.5. The molecule has 1 saturated heterocycles. The lowest BCUT2D eigenvalue weighted by atomic mass is 10.1. The Labute approximate surface area is 163 Å². The summed E-state index contributed by atoms with van der Waals surface area (Å²) in [7, 11) is 0. The smallest absolute Gasteiger partial charge is 0.269 e. The molecule has 9 heteroatoms. The van der Waals surface area contributed by atoms with Gasteiger partial charge in [-0.3, -0.25) is 24.8 Å². The number of piperazine rings is 1. The Morgan fingerprint density at radius 2 is 2.26 bits per heavy atom. The van der Waals surface area contributed by atoms with Crippen LogP contribution in [0.4, 0.5) is 11.4 Å². The molecule has 1 aromatic carbocycles. The molecule has 1 aliphatic heterocycles. The van der Waals surface area contributed by atoms with Crippen molar-refractivity contribution in [3.8, 4) is 0 Å². The number of halogens is 1. The van der Waals surface area contributed by atoms with E-state index < -0.39 is 4.92 Å². The van der Waals surface area contributed by atoms with Crippen LogP contribution in [0.5, 0.6) is 0 Å². The van der Waals surface area contributed by atoms with Crippen molar-refractivity contribution in [3.63, 3.8) is 0 Å². The number of carbonyl (C=O) groups excluding carboxylic acids is 1. The summed E-state index contributed by atoms with van der Waals surface area (Å²) in [6, 6.07) is 8.41. The Bertz CT molecular complexity index is 803. The average Bonchev–Trinajstić information content (AvgIpc) is 2.64. The fraction of sp³-hybridized carbons (Fsp3) is 0.333. The summed E-state index contributed by atoms with van der Waals surface area (Å²) in [4.78, 5) is 29.2. The van der Waals surface area contributed by atoms with Gasteiger partial charge in [0.2, 0.25) is 5.91 Å². The third kappa shape index (κ3) is 5.22. The number of hydrogen-bond acceptors (Lipinski definition) is 6. The molecular weight excluding hydrogens is 370 g/mol. The number of benzene rings is 1. The van der Waals surface area contributed by atoms with E-state index in [-0.39, 0.29) is 36.6 Å². The van der Waals surface area contributed by atoms with E-state index in [1.54, 1.807) is 19.2 Å². The van der Waals surface area contributed by atoms with Crippen LogP contribution >= 0.6 is 12.4 Å². The number of carbonyl (C=O) groups is 1. The first kappa shape index (κ1) is 20.8. The minimum absolute atomic E-state index is 0. The second-order valence-electron chi connectivity index (χ2n) is 6.28. The molecule has 27 heavy (non-hydrogen) atoms. The second-order valence-corrected chi connectivity index (χ2v) is 6.28. The van der Waals surface area contributed by atoms with Crippen molar-refractivity contribution in [1.82, 2.24) is 15.2 Å². The maximum atomic E-state index is 12.5. The summed E-state index contributed by atoms with van der Waals surface area (Å²) in [5.41, 5.74) is 2.34. The first-order valence-corrected chi connectivity index (χ1v) is 8.44. The molecule has 2 N–H and O–H groups in total. The number of aryl methyl sites for hydroxylation is 1. The van der Waals surface area contributed by atoms with Crippen molar-refractivity contribution in [2.75, 3.05) is 31.5 Å². The Morgan fingerprint density at radius 3 is 2.93 bits per heavy atom. The molecular formula is C18H22ClN5O3. The lowest BCUT2D eigenvalue weighted by Gasteiger charge is -2.35. The van der Waals surface area contributed by atoms with E-state index >= 15 is 0 Å². The summed E-state index contributed by atoms with van der Waals surface area (Å²) in [5.74, 6) is -0.141. The van der Waals surface area contributed by atoms with Crippen molar-refractivity contribution < 1.29 is 9.72 Å². The van der Waals surface area contributed by atoms with Crippen LogP contribution in [0.3, 0.4) is 0 Å². The number of nitrogens with one attached hydrogen (secondary N) is 2. The number of rotatable bonds is 5. The molecule has 144 valence electrons. The molecule has 0 aliphatic carbocycles. The van der Waals surface area contributed by atoms with Gasteiger partial charge in [0, 0.05) is 55.9 Å². The highest BCUT2D eigenvalue weighted by molar-refractivity contribution is 5.93. The molecule has 2 heterocycles. The van der Waals surface area contributed by atoms with Gasteiger partial charge in [-0.1, -0.05) is 6.07 Å². The van der Waals surface area contributed by atoms with Gasteiger partial charge in [0.15, 0.2) is 0 Å². The highest BCUT2D eigenvalue weighted by Crippen LogP contribution is 2.23. The monoisotopic (exact) mass is 391 g/mol. The van der Waals surface area contributed by atoms with E-state index in [1.165, 1.54) is 12.1 Å². The molecule has 1 fully saturated rings. The summed E-state index contributed by atoms with van der Waals surface area (Å²) in [6.45, 7) is 4.33. The standard InChI is InChI=1S/C18H21N5O3.ClH/c1-13-9-15(23(25)26)4-5-16(13)21-18(24)12-22-8-7-20-11-17(22)14-3-2-6-19-10-14;/h2-6,9-10,17,20H,7-8,11-12H2,1H3,(H,21,24);1H. The minimum Gasteiger partial charge on any atom is -0.325 e. The molecule has 1 amide bonds. The lowest BCUT2D eigenvalue weighted by Crippen LogP contribution is -2.48. The number of aromatic nitrogens is 1. The molecule has 1 unspecified atom stereocenters. The third-order valence-corrected chi connectivity index (χ3v) is 4.47. The predicted octanol–water partition coefficient (Wildman–Crippen LogP) is 2.31. The van der Waals surface area contributed by atoms with Crippen molar-refractivity contribution in [1.29, 1.82) is 0 Å². The van der Waals surface area contributed by atoms with E-state index in [9.17, 15) is 14.9 Å². The van der Waals surface area contributed by atoms with Crippen molar-refractivity contribution in [2.45, 2.75) is 13.0 Å². The molecule has 1 atom stereocenters. The largest absolute Gasteiger partial charge is 0.325 e. The maximum Gasteiger partial charge on any atom is 0.269 e. The SMILES string of the molecule is Cc1cc([N+](=O)[O-])ccc1NC(=O)CN1CCNCC1c1cccnc1.Cl. The Morgan fingerprint density at radius 1 is 1.44 bits per heavy atom. The van der Waals surface area contributed by atoms with E-state index in [0.717, 1.165) is 25.2 Å². The molecule has 8 nitrogen and oxygen atoms in total. The Kier molecular flexibility index (Phi) is 7.23. The van der Waals surface area contributed by atoms with Gasteiger partial charge in [0.05, 0.1) is 11.5 Å². The molecule has 3 rings (SSSR count). The minimum atomic E-state index is -0.447. The highest BCUT2D eigenvalue weighted by Gasteiger charge is 2.25. The lowest BCUT2D eigenvalue weighted by molar-refractivity contribution is -0.384. The second kappa shape index (κ2) is 9.40. The van der Waals surface area contributed by atoms with Crippen molar-refractivity contribution in [2.24, 2.45) is 0 Å². The fourth-order valence-electron chi connectivity index (χ4n) is 3.11. The van der Waals surface area contributed by atoms with E-state index in [1.807, 2.05) is 18.3 Å². The molecule has 0 spiro atoms. The number of anilines is 1. The van der Waals surface area contributed by atoms with Crippen LogP contribution in [-0.2, 0) is 4.79 Å². The van der Waals surface area contributed by atoms with E-state index in [0.29, 0.717) is 11.3 Å². The number of nitrogens with zero attached hydrogens (tertiary/aromatic N) is 3. The Hall–Kier alpha value is -2.55. The summed E-state index contributed by atoms with van der Waals surface area (Å²) < 4.78 is 0. The zero-order valence-corrected chi connectivity index (χ0v) is 15.7. The number of amides is 1. The number of nitro benzene ring substituents is 1. The predicted molar refractivity (Wildman–Crippen MR) is 105 cm³/mol. The van der Waals surface area contributed by atoms with E-state index in [4.69, 9.17) is 0 Å². The van der Waals surface area contributed by atoms with Crippen LogP contribution in [0.15, 0.2) is 42.7 Å². The molecule has 2 aromatic rings. The summed E-state index contributed by atoms with van der Waals surface area (Å²) in [6.07, 6.45) is 3.55. The first-order chi connectivity index (χ1) is 12.5. The number of hydrogen-bond donors (Lipinski definition) is 2. The summed E-state index contributed by atoms with van der Waals surface area (Å²) in [5, 5.41) is 17.0. The summed E-state index contributed by atoms with van der Waals surface area (Å²) >= 11 is 0. The average molecular weight is 392 g/mol. The van der Waals surface area contributed by atoms with E-state index in [2.05, 4.69) is 20.5 Å². The van der Waals surface area contributed by atoms with Gasteiger partial charge in [0.1, 0.15) is 0 Å².